The second kappa shape index (κ2) is 5.68. The average molecular weight is 480 g/mol. The molecule has 2 aromatic rings. The highest BCUT2D eigenvalue weighted by Gasteiger charge is 2.34. The first-order valence-electron chi connectivity index (χ1n) is 7.02. The van der Waals surface area contributed by atoms with Crippen LogP contribution in [0.2, 0.25) is 0 Å². The largest absolute Gasteiger partial charge is 0.386 e. The molecule has 0 bridgehead atoms. The number of halogens is 2. The summed E-state index contributed by atoms with van der Waals surface area (Å²) in [4.78, 5) is 59.5. The number of cyclic esters (lactones) is 4. The first kappa shape index (κ1) is 16.8. The molecule has 0 amide bonds. The monoisotopic (exact) mass is 478 g/mol. The molecular formula is C17H4Br2O7. The number of esters is 4. The zero-order valence-electron chi connectivity index (χ0n) is 12.4. The lowest BCUT2D eigenvalue weighted by atomic mass is 9.96. The van der Waals surface area contributed by atoms with Crippen LogP contribution in [0.25, 0.3) is 0 Å². The maximum absolute atomic E-state index is 12.9. The van der Waals surface area contributed by atoms with Crippen LogP contribution >= 0.6 is 31.9 Å². The van der Waals surface area contributed by atoms with E-state index in [2.05, 4.69) is 41.3 Å². The molecule has 0 saturated heterocycles. The van der Waals surface area contributed by atoms with Crippen molar-refractivity contribution in [3.8, 4) is 0 Å². The van der Waals surface area contributed by atoms with E-state index in [1.54, 1.807) is 0 Å². The van der Waals surface area contributed by atoms with Crippen molar-refractivity contribution in [1.29, 1.82) is 0 Å². The topological polar surface area (TPSA) is 104 Å². The average Bonchev–Trinajstić information content (AvgIpc) is 3.01. The fourth-order valence-corrected chi connectivity index (χ4v) is 3.75. The minimum absolute atomic E-state index is 0.0200. The summed E-state index contributed by atoms with van der Waals surface area (Å²) in [5, 5.41) is 0. The van der Waals surface area contributed by atoms with Crippen molar-refractivity contribution in [2.45, 2.75) is 0 Å². The molecule has 0 atom stereocenters. The van der Waals surface area contributed by atoms with Gasteiger partial charge in [0.05, 0.1) is 22.3 Å². The van der Waals surface area contributed by atoms with Gasteiger partial charge in [-0.2, -0.15) is 0 Å². The molecule has 0 aliphatic carbocycles. The van der Waals surface area contributed by atoms with Gasteiger partial charge in [-0.15, -0.1) is 0 Å². The Balaban J connectivity index is 1.86. The van der Waals surface area contributed by atoms with Crippen molar-refractivity contribution in [3.63, 3.8) is 0 Å². The number of hydrogen-bond donors (Lipinski definition) is 0. The molecule has 0 unspecified atom stereocenters. The molecule has 0 aromatic heterocycles. The van der Waals surface area contributed by atoms with E-state index < -0.39 is 29.7 Å². The Labute approximate surface area is 161 Å². The molecule has 9 heteroatoms. The van der Waals surface area contributed by atoms with E-state index in [9.17, 15) is 24.0 Å². The van der Waals surface area contributed by atoms with Crippen molar-refractivity contribution in [3.05, 3.63) is 66.6 Å². The Morgan fingerprint density at radius 3 is 1.27 bits per heavy atom. The van der Waals surface area contributed by atoms with E-state index in [1.807, 2.05) is 0 Å². The highest BCUT2D eigenvalue weighted by atomic mass is 79.9. The molecule has 2 aromatic carbocycles. The standard InChI is InChI=1S/C17H4Br2O7/c18-11-3-7-5(14(21)25-16(7)23)1-9(11)13(20)10-2-6-8(4-12(10)19)17(24)26-15(6)22/h1-4H. The Kier molecular flexibility index (Phi) is 3.67. The van der Waals surface area contributed by atoms with Crippen LogP contribution in [0.3, 0.4) is 0 Å². The molecule has 26 heavy (non-hydrogen) atoms. The zero-order valence-corrected chi connectivity index (χ0v) is 15.6. The number of rotatable bonds is 2. The maximum atomic E-state index is 12.9. The second-order valence-corrected chi connectivity index (χ2v) is 7.15. The smallest absolute Gasteiger partial charge is 0.346 e. The van der Waals surface area contributed by atoms with Gasteiger partial charge in [-0.25, -0.2) is 19.2 Å². The third-order valence-electron chi connectivity index (χ3n) is 3.95. The van der Waals surface area contributed by atoms with E-state index in [0.29, 0.717) is 0 Å². The summed E-state index contributed by atoms with van der Waals surface area (Å²) in [6.07, 6.45) is 0. The molecule has 0 spiro atoms. The number of benzene rings is 2. The fourth-order valence-electron chi connectivity index (χ4n) is 2.70. The molecule has 128 valence electrons. The second-order valence-electron chi connectivity index (χ2n) is 5.44. The summed E-state index contributed by atoms with van der Waals surface area (Å²) in [5.74, 6) is -3.79. The molecule has 0 saturated carbocycles. The Morgan fingerprint density at radius 2 is 0.923 bits per heavy atom. The normalized spacial score (nSPS) is 14.8. The van der Waals surface area contributed by atoms with Crippen LogP contribution in [0, 0.1) is 0 Å². The lowest BCUT2D eigenvalue weighted by Crippen LogP contribution is -2.08. The summed E-state index contributed by atoms with van der Waals surface area (Å²) < 4.78 is 9.59. The number of ketones is 1. The summed E-state index contributed by atoms with van der Waals surface area (Å²) >= 11 is 6.41. The fraction of sp³-hybridized carbons (Fsp3) is 0. The van der Waals surface area contributed by atoms with Crippen LogP contribution in [-0.4, -0.2) is 29.7 Å². The third-order valence-corrected chi connectivity index (χ3v) is 5.27. The zero-order chi connectivity index (χ0) is 18.7. The molecule has 0 N–H and O–H groups in total. The molecule has 2 aliphatic rings. The highest BCUT2D eigenvalue weighted by molar-refractivity contribution is 9.11. The number of carbonyl (C=O) groups is 5. The molecule has 0 fully saturated rings. The van der Waals surface area contributed by atoms with E-state index in [1.165, 1.54) is 24.3 Å². The third kappa shape index (κ3) is 2.35. The summed E-state index contributed by atoms with van der Waals surface area (Å²) in [5.41, 5.74) is 0.255. The van der Waals surface area contributed by atoms with Gasteiger partial charge in [0.25, 0.3) is 0 Å². The van der Waals surface area contributed by atoms with Gasteiger partial charge in [-0.3, -0.25) is 4.79 Å². The van der Waals surface area contributed by atoms with E-state index in [-0.39, 0.29) is 42.3 Å². The molecule has 4 rings (SSSR count). The molecular weight excluding hydrogens is 476 g/mol. The SMILES string of the molecule is O=C(c1cc2c(cc1Br)C(=O)OC2=O)c1cc2c(cc1Br)C(=O)OC2=O. The minimum Gasteiger partial charge on any atom is -0.386 e. The number of ether oxygens (including phenoxy) is 2. The van der Waals surface area contributed by atoms with Crippen LogP contribution < -0.4 is 0 Å². The quantitative estimate of drug-likeness (QED) is 0.370. The van der Waals surface area contributed by atoms with Crippen LogP contribution in [0.5, 0.6) is 0 Å². The molecule has 0 radical (unpaired) electrons. The Hall–Kier alpha value is -2.65. The van der Waals surface area contributed by atoms with Gasteiger partial charge in [-0.1, -0.05) is 31.9 Å². The lowest BCUT2D eigenvalue weighted by Gasteiger charge is -2.08. The predicted molar refractivity (Wildman–Crippen MR) is 91.2 cm³/mol. The predicted octanol–water partition coefficient (Wildman–Crippen LogP) is 3.06. The number of carbonyl (C=O) groups excluding carboxylic acids is 5. The molecule has 2 aliphatic heterocycles. The van der Waals surface area contributed by atoms with Gasteiger partial charge in [0, 0.05) is 20.1 Å². The van der Waals surface area contributed by atoms with Crippen LogP contribution in [0.15, 0.2) is 33.2 Å². The first-order chi connectivity index (χ1) is 12.3. The lowest BCUT2D eigenvalue weighted by molar-refractivity contribution is 0.0425. The van der Waals surface area contributed by atoms with E-state index >= 15 is 0 Å². The van der Waals surface area contributed by atoms with Gasteiger partial charge < -0.3 is 9.47 Å². The van der Waals surface area contributed by atoms with Gasteiger partial charge in [-0.05, 0) is 24.3 Å². The molecule has 7 nitrogen and oxygen atoms in total. The van der Waals surface area contributed by atoms with Gasteiger partial charge >= 0.3 is 23.9 Å². The number of fused-ring (bicyclic) bond motifs is 2. The van der Waals surface area contributed by atoms with Crippen LogP contribution in [0.4, 0.5) is 0 Å². The van der Waals surface area contributed by atoms with Crippen molar-refractivity contribution >= 4 is 61.5 Å². The van der Waals surface area contributed by atoms with Gasteiger partial charge in [0.15, 0.2) is 5.78 Å². The first-order valence-corrected chi connectivity index (χ1v) is 8.61. The summed E-state index contributed by atoms with van der Waals surface area (Å²) in [6.45, 7) is 0. The van der Waals surface area contributed by atoms with Crippen LogP contribution in [-0.2, 0) is 9.47 Å². The molecule has 2 heterocycles. The van der Waals surface area contributed by atoms with Gasteiger partial charge in [0.2, 0.25) is 0 Å². The van der Waals surface area contributed by atoms with Crippen molar-refractivity contribution in [2.75, 3.05) is 0 Å². The van der Waals surface area contributed by atoms with Crippen molar-refractivity contribution in [1.82, 2.24) is 0 Å². The summed E-state index contributed by atoms with van der Waals surface area (Å²) in [7, 11) is 0. The highest BCUT2D eigenvalue weighted by Crippen LogP contribution is 2.33. The Morgan fingerprint density at radius 1 is 0.615 bits per heavy atom. The van der Waals surface area contributed by atoms with Gasteiger partial charge in [0.1, 0.15) is 0 Å². The maximum Gasteiger partial charge on any atom is 0.346 e. The minimum atomic E-state index is -0.839. The van der Waals surface area contributed by atoms with E-state index in [0.717, 1.165) is 0 Å². The number of hydrogen-bond acceptors (Lipinski definition) is 7. The van der Waals surface area contributed by atoms with E-state index in [4.69, 9.17) is 0 Å². The summed E-state index contributed by atoms with van der Waals surface area (Å²) in [6, 6.07) is 5.15. The van der Waals surface area contributed by atoms with Crippen LogP contribution in [0.1, 0.15) is 57.4 Å². The van der Waals surface area contributed by atoms with Crippen molar-refractivity contribution < 1.29 is 33.4 Å². The Bertz CT molecular complexity index is 1020. The van der Waals surface area contributed by atoms with Crippen molar-refractivity contribution in [2.24, 2.45) is 0 Å².